The van der Waals surface area contributed by atoms with Crippen LogP contribution < -0.4 is 0 Å². The minimum absolute atomic E-state index is 0.224. The van der Waals surface area contributed by atoms with E-state index < -0.39 is 42.3 Å². The Kier molecular flexibility index (Phi) is 5.33. The number of alkyl halides is 6. The number of carbonyl (C=O) groups is 1. The second-order valence-corrected chi connectivity index (χ2v) is 7.06. The predicted octanol–water partition coefficient (Wildman–Crippen LogP) is 4.53. The standard InChI is InChI=1S/C18H18F6N2O2/c19-17(20,21)5-4-15(27)26-8-6-16(7-9-26)11-14(25-28-16)12-2-1-3-13(10-12)18(22,23)24/h1-3,10H,4-9,11H2. The molecule has 2 aliphatic rings. The lowest BCUT2D eigenvalue weighted by Gasteiger charge is -2.37. The summed E-state index contributed by atoms with van der Waals surface area (Å²) in [5, 5.41) is 3.94. The molecule has 1 saturated heterocycles. The number of rotatable bonds is 3. The molecule has 1 amide bonds. The molecule has 3 rings (SSSR count). The van der Waals surface area contributed by atoms with Gasteiger partial charge in [-0.1, -0.05) is 17.3 Å². The van der Waals surface area contributed by atoms with Crippen molar-refractivity contribution in [1.82, 2.24) is 4.90 Å². The van der Waals surface area contributed by atoms with Crippen molar-refractivity contribution >= 4 is 11.6 Å². The zero-order valence-corrected chi connectivity index (χ0v) is 14.7. The summed E-state index contributed by atoms with van der Waals surface area (Å²) < 4.78 is 75.4. The summed E-state index contributed by atoms with van der Waals surface area (Å²) >= 11 is 0. The van der Waals surface area contributed by atoms with Crippen LogP contribution in [0.2, 0.25) is 0 Å². The lowest BCUT2D eigenvalue weighted by atomic mass is 9.85. The number of nitrogens with zero attached hydrogens (tertiary/aromatic N) is 2. The number of likely N-dealkylation sites (tertiary alicyclic amines) is 1. The third kappa shape index (κ3) is 4.77. The third-order valence-corrected chi connectivity index (χ3v) is 5.01. The summed E-state index contributed by atoms with van der Waals surface area (Å²) in [5.74, 6) is -0.566. The maximum absolute atomic E-state index is 12.9. The number of carbonyl (C=O) groups excluding carboxylic acids is 1. The number of amides is 1. The Balaban J connectivity index is 1.58. The highest BCUT2D eigenvalue weighted by Gasteiger charge is 2.43. The molecule has 0 atom stereocenters. The van der Waals surface area contributed by atoms with Crippen LogP contribution in [0.25, 0.3) is 0 Å². The van der Waals surface area contributed by atoms with Crippen LogP contribution in [0, 0.1) is 0 Å². The van der Waals surface area contributed by atoms with Gasteiger partial charge in [0.05, 0.1) is 17.7 Å². The van der Waals surface area contributed by atoms with Crippen LogP contribution in [-0.4, -0.2) is 41.4 Å². The van der Waals surface area contributed by atoms with Gasteiger partial charge in [-0.25, -0.2) is 0 Å². The van der Waals surface area contributed by atoms with Crippen molar-refractivity contribution in [3.05, 3.63) is 35.4 Å². The molecule has 1 fully saturated rings. The summed E-state index contributed by atoms with van der Waals surface area (Å²) in [6.07, 6.45) is -9.59. The molecule has 0 saturated carbocycles. The topological polar surface area (TPSA) is 41.9 Å². The molecule has 1 aromatic rings. The van der Waals surface area contributed by atoms with E-state index in [1.807, 2.05) is 0 Å². The van der Waals surface area contributed by atoms with Crippen LogP contribution in [-0.2, 0) is 15.8 Å². The minimum atomic E-state index is -4.46. The molecule has 1 spiro atoms. The first-order valence-electron chi connectivity index (χ1n) is 8.75. The van der Waals surface area contributed by atoms with E-state index in [9.17, 15) is 31.1 Å². The lowest BCUT2D eigenvalue weighted by molar-refractivity contribution is -0.152. The van der Waals surface area contributed by atoms with Gasteiger partial charge < -0.3 is 9.74 Å². The monoisotopic (exact) mass is 408 g/mol. The molecule has 0 aromatic heterocycles. The Morgan fingerprint density at radius 3 is 2.43 bits per heavy atom. The molecular weight excluding hydrogens is 390 g/mol. The van der Waals surface area contributed by atoms with Gasteiger partial charge >= 0.3 is 12.4 Å². The first-order valence-corrected chi connectivity index (χ1v) is 8.75. The van der Waals surface area contributed by atoms with Crippen molar-refractivity contribution in [1.29, 1.82) is 0 Å². The van der Waals surface area contributed by atoms with E-state index in [4.69, 9.17) is 4.84 Å². The van der Waals surface area contributed by atoms with Crippen LogP contribution in [0.15, 0.2) is 29.4 Å². The number of piperidine rings is 1. The molecular formula is C18H18F6N2O2. The van der Waals surface area contributed by atoms with Crippen LogP contribution in [0.1, 0.15) is 43.2 Å². The van der Waals surface area contributed by atoms with E-state index in [1.165, 1.54) is 17.0 Å². The summed E-state index contributed by atoms with van der Waals surface area (Å²) in [5.41, 5.74) is -0.804. The molecule has 2 heterocycles. The molecule has 154 valence electrons. The molecule has 0 radical (unpaired) electrons. The van der Waals surface area contributed by atoms with Crippen molar-refractivity contribution in [3.63, 3.8) is 0 Å². The van der Waals surface area contributed by atoms with E-state index in [2.05, 4.69) is 5.16 Å². The Hall–Kier alpha value is -2.26. The normalized spacial score (nSPS) is 19.5. The number of hydrogen-bond acceptors (Lipinski definition) is 3. The van der Waals surface area contributed by atoms with Crippen molar-refractivity contribution < 1.29 is 36.0 Å². The van der Waals surface area contributed by atoms with Gasteiger partial charge in [-0.2, -0.15) is 26.3 Å². The second kappa shape index (κ2) is 7.29. The van der Waals surface area contributed by atoms with Crippen LogP contribution in [0.5, 0.6) is 0 Å². The molecule has 10 heteroatoms. The summed E-state index contributed by atoms with van der Waals surface area (Å²) in [4.78, 5) is 18.8. The fourth-order valence-electron chi connectivity index (χ4n) is 3.39. The van der Waals surface area contributed by atoms with Crippen molar-refractivity contribution in [2.45, 2.75) is 50.1 Å². The second-order valence-electron chi connectivity index (χ2n) is 7.06. The van der Waals surface area contributed by atoms with Crippen molar-refractivity contribution in [2.24, 2.45) is 5.16 Å². The molecule has 2 aliphatic heterocycles. The van der Waals surface area contributed by atoms with Crippen LogP contribution in [0.3, 0.4) is 0 Å². The number of halogens is 6. The van der Waals surface area contributed by atoms with Gasteiger partial charge in [0.15, 0.2) is 0 Å². The highest BCUT2D eigenvalue weighted by Crippen LogP contribution is 2.37. The maximum Gasteiger partial charge on any atom is 0.416 e. The van der Waals surface area contributed by atoms with Gasteiger partial charge in [-0.15, -0.1) is 0 Å². The summed E-state index contributed by atoms with van der Waals surface area (Å²) in [7, 11) is 0. The average Bonchev–Trinajstić information content (AvgIpc) is 3.03. The van der Waals surface area contributed by atoms with E-state index in [0.717, 1.165) is 12.1 Å². The molecule has 0 N–H and O–H groups in total. The Bertz CT molecular complexity index is 764. The first-order chi connectivity index (χ1) is 13.0. The van der Waals surface area contributed by atoms with E-state index in [1.54, 1.807) is 0 Å². The van der Waals surface area contributed by atoms with Gasteiger partial charge in [-0.05, 0) is 12.1 Å². The largest absolute Gasteiger partial charge is 0.416 e. The fraction of sp³-hybridized carbons (Fsp3) is 0.556. The molecule has 0 aliphatic carbocycles. The zero-order valence-electron chi connectivity index (χ0n) is 14.7. The van der Waals surface area contributed by atoms with Gasteiger partial charge in [-0.3, -0.25) is 4.79 Å². The maximum atomic E-state index is 12.9. The predicted molar refractivity (Wildman–Crippen MR) is 87.5 cm³/mol. The molecule has 1 aromatic carbocycles. The Morgan fingerprint density at radius 2 is 1.82 bits per heavy atom. The highest BCUT2D eigenvalue weighted by molar-refractivity contribution is 6.01. The van der Waals surface area contributed by atoms with E-state index in [0.29, 0.717) is 30.5 Å². The molecule has 0 bridgehead atoms. The minimum Gasteiger partial charge on any atom is -0.388 e. The third-order valence-electron chi connectivity index (χ3n) is 5.01. The number of oxime groups is 1. The number of hydrogen-bond donors (Lipinski definition) is 0. The zero-order chi connectivity index (χ0) is 20.6. The number of benzene rings is 1. The summed E-state index contributed by atoms with van der Waals surface area (Å²) in [6, 6.07) is 4.80. The molecule has 4 nitrogen and oxygen atoms in total. The van der Waals surface area contributed by atoms with Gasteiger partial charge in [0, 0.05) is 44.3 Å². The van der Waals surface area contributed by atoms with Gasteiger partial charge in [0.1, 0.15) is 5.60 Å². The molecule has 0 unspecified atom stereocenters. The van der Waals surface area contributed by atoms with Crippen molar-refractivity contribution in [3.8, 4) is 0 Å². The average molecular weight is 408 g/mol. The van der Waals surface area contributed by atoms with Crippen LogP contribution in [0.4, 0.5) is 26.3 Å². The lowest BCUT2D eigenvalue weighted by Crippen LogP contribution is -2.47. The van der Waals surface area contributed by atoms with Gasteiger partial charge in [0.2, 0.25) is 5.91 Å². The molecule has 28 heavy (non-hydrogen) atoms. The summed E-state index contributed by atoms with van der Waals surface area (Å²) in [6.45, 7) is 0.449. The Morgan fingerprint density at radius 1 is 1.14 bits per heavy atom. The van der Waals surface area contributed by atoms with Crippen molar-refractivity contribution in [2.75, 3.05) is 13.1 Å². The Labute approximate surface area is 157 Å². The van der Waals surface area contributed by atoms with Crippen LogP contribution >= 0.6 is 0 Å². The fourth-order valence-corrected chi connectivity index (χ4v) is 3.39. The van der Waals surface area contributed by atoms with E-state index >= 15 is 0 Å². The van der Waals surface area contributed by atoms with Gasteiger partial charge in [0.25, 0.3) is 0 Å². The quantitative estimate of drug-likeness (QED) is 0.690. The smallest absolute Gasteiger partial charge is 0.388 e. The first kappa shape index (κ1) is 20.5. The highest BCUT2D eigenvalue weighted by atomic mass is 19.4. The van der Waals surface area contributed by atoms with E-state index in [-0.39, 0.29) is 13.1 Å². The SMILES string of the molecule is O=C(CCC(F)(F)F)N1CCC2(CC1)CC(c1cccc(C(F)(F)F)c1)=NO2.